The maximum Gasteiger partial charge on any atom is 0.341 e. The van der Waals surface area contributed by atoms with Gasteiger partial charge in [0.1, 0.15) is 10.4 Å². The van der Waals surface area contributed by atoms with Crippen molar-refractivity contribution in [1.82, 2.24) is 4.98 Å². The highest BCUT2D eigenvalue weighted by Crippen LogP contribution is 2.23. The maximum absolute atomic E-state index is 12.1. The van der Waals surface area contributed by atoms with Crippen LogP contribution in [-0.2, 0) is 9.53 Å². The number of carbonyl (C=O) groups is 2. The van der Waals surface area contributed by atoms with E-state index in [-0.39, 0.29) is 0 Å². The van der Waals surface area contributed by atoms with E-state index in [9.17, 15) is 9.59 Å². The minimum absolute atomic E-state index is 0.330. The van der Waals surface area contributed by atoms with Crippen molar-refractivity contribution in [2.75, 3.05) is 18.2 Å². The van der Waals surface area contributed by atoms with Crippen LogP contribution in [0.2, 0.25) is 0 Å². The van der Waals surface area contributed by atoms with Gasteiger partial charge in [-0.2, -0.15) is 5.26 Å². The van der Waals surface area contributed by atoms with Gasteiger partial charge in [0.05, 0.1) is 5.56 Å². The summed E-state index contributed by atoms with van der Waals surface area (Å²) in [4.78, 5) is 29.0. The SMILES string of the molecule is CSc1ncccc1C(=O)OCC(=O)Nc1ccc(SC#N)cc1C. The standard InChI is InChI=1S/C17H15N3O3S2/c1-11-8-12(25-10-18)5-6-14(11)20-15(21)9-23-17(22)13-4-3-7-19-16(13)24-2/h3-8H,9H2,1-2H3,(H,20,21). The Hall–Kier alpha value is -2.50. The van der Waals surface area contributed by atoms with Gasteiger partial charge < -0.3 is 10.1 Å². The lowest BCUT2D eigenvalue weighted by Gasteiger charge is -2.10. The Morgan fingerprint density at radius 1 is 1.36 bits per heavy atom. The van der Waals surface area contributed by atoms with E-state index in [4.69, 9.17) is 10.00 Å². The van der Waals surface area contributed by atoms with Gasteiger partial charge in [-0.3, -0.25) is 4.79 Å². The van der Waals surface area contributed by atoms with Gasteiger partial charge in [0, 0.05) is 16.8 Å². The van der Waals surface area contributed by atoms with Crippen LogP contribution in [0.3, 0.4) is 0 Å². The van der Waals surface area contributed by atoms with Crippen molar-refractivity contribution in [3.63, 3.8) is 0 Å². The number of thioether (sulfide) groups is 2. The van der Waals surface area contributed by atoms with Crippen LogP contribution in [0.25, 0.3) is 0 Å². The number of carbonyl (C=O) groups excluding carboxylic acids is 2. The third-order valence-electron chi connectivity index (χ3n) is 3.15. The summed E-state index contributed by atoms with van der Waals surface area (Å²) in [5.74, 6) is -1.03. The summed E-state index contributed by atoms with van der Waals surface area (Å²) >= 11 is 2.38. The molecule has 0 saturated carbocycles. The lowest BCUT2D eigenvalue weighted by atomic mass is 10.2. The fourth-order valence-electron chi connectivity index (χ4n) is 2.00. The molecule has 6 nitrogen and oxygen atoms in total. The Bertz CT molecular complexity index is 834. The van der Waals surface area contributed by atoms with Crippen LogP contribution in [0.1, 0.15) is 15.9 Å². The minimum Gasteiger partial charge on any atom is -0.452 e. The average molecular weight is 373 g/mol. The van der Waals surface area contributed by atoms with E-state index < -0.39 is 18.5 Å². The second-order valence-electron chi connectivity index (χ2n) is 4.85. The quantitative estimate of drug-likeness (QED) is 0.471. The summed E-state index contributed by atoms with van der Waals surface area (Å²) < 4.78 is 5.06. The highest BCUT2D eigenvalue weighted by atomic mass is 32.2. The zero-order valence-electron chi connectivity index (χ0n) is 13.6. The number of anilines is 1. The van der Waals surface area contributed by atoms with E-state index in [2.05, 4.69) is 10.3 Å². The van der Waals surface area contributed by atoms with Gasteiger partial charge in [0.15, 0.2) is 6.61 Å². The largest absolute Gasteiger partial charge is 0.452 e. The number of nitrogens with zero attached hydrogens (tertiary/aromatic N) is 2. The van der Waals surface area contributed by atoms with Gasteiger partial charge in [0.2, 0.25) is 0 Å². The van der Waals surface area contributed by atoms with Crippen molar-refractivity contribution >= 4 is 41.1 Å². The van der Waals surface area contributed by atoms with E-state index in [1.54, 1.807) is 36.5 Å². The number of esters is 1. The number of rotatable bonds is 6. The highest BCUT2D eigenvalue weighted by molar-refractivity contribution is 8.03. The van der Waals surface area contributed by atoms with Crippen molar-refractivity contribution in [3.05, 3.63) is 47.7 Å². The predicted molar refractivity (Wildman–Crippen MR) is 97.6 cm³/mol. The number of aromatic nitrogens is 1. The Kier molecular flexibility index (Phi) is 6.86. The van der Waals surface area contributed by atoms with E-state index in [0.29, 0.717) is 16.3 Å². The van der Waals surface area contributed by atoms with Crippen molar-refractivity contribution in [2.24, 2.45) is 0 Å². The number of amides is 1. The number of benzene rings is 1. The van der Waals surface area contributed by atoms with Gasteiger partial charge in [-0.15, -0.1) is 11.8 Å². The van der Waals surface area contributed by atoms with Crippen molar-refractivity contribution < 1.29 is 14.3 Å². The van der Waals surface area contributed by atoms with Crippen molar-refractivity contribution in [2.45, 2.75) is 16.8 Å². The monoisotopic (exact) mass is 373 g/mol. The second-order valence-corrected chi connectivity index (χ2v) is 6.51. The van der Waals surface area contributed by atoms with Crippen LogP contribution in [0, 0.1) is 17.6 Å². The normalized spacial score (nSPS) is 9.96. The fraction of sp³-hybridized carbons (Fsp3) is 0.176. The number of ether oxygens (including phenoxy) is 1. The zero-order chi connectivity index (χ0) is 18.2. The van der Waals surface area contributed by atoms with Crippen LogP contribution >= 0.6 is 23.5 Å². The first-order valence-electron chi connectivity index (χ1n) is 7.17. The predicted octanol–water partition coefficient (Wildman–Crippen LogP) is 3.48. The molecule has 0 aliphatic rings. The molecule has 1 amide bonds. The summed E-state index contributed by atoms with van der Waals surface area (Å²) in [7, 11) is 0. The third kappa shape index (κ3) is 5.24. The maximum atomic E-state index is 12.1. The summed E-state index contributed by atoms with van der Waals surface area (Å²) in [6.45, 7) is 1.43. The Labute approximate surface area is 154 Å². The van der Waals surface area contributed by atoms with Crippen molar-refractivity contribution in [3.8, 4) is 5.40 Å². The molecule has 1 heterocycles. The second kappa shape index (κ2) is 9.11. The van der Waals surface area contributed by atoms with E-state index >= 15 is 0 Å². The summed E-state index contributed by atoms with van der Waals surface area (Å²) in [5, 5.41) is 13.9. The van der Waals surface area contributed by atoms with Crippen LogP contribution in [-0.4, -0.2) is 29.7 Å². The molecule has 1 aromatic carbocycles. The molecule has 0 unspecified atom stereocenters. The van der Waals surface area contributed by atoms with Crippen molar-refractivity contribution in [1.29, 1.82) is 5.26 Å². The Morgan fingerprint density at radius 2 is 2.16 bits per heavy atom. The van der Waals surface area contributed by atoms with E-state index in [1.807, 2.05) is 18.6 Å². The van der Waals surface area contributed by atoms with E-state index in [1.165, 1.54) is 11.8 Å². The van der Waals surface area contributed by atoms with Gasteiger partial charge in [-0.25, -0.2) is 9.78 Å². The molecule has 128 valence electrons. The van der Waals surface area contributed by atoms with Gasteiger partial charge in [0.25, 0.3) is 5.91 Å². The average Bonchev–Trinajstić information content (AvgIpc) is 2.62. The number of thiocyanates is 1. The smallest absolute Gasteiger partial charge is 0.341 e. The lowest BCUT2D eigenvalue weighted by molar-refractivity contribution is -0.119. The lowest BCUT2D eigenvalue weighted by Crippen LogP contribution is -2.21. The topological polar surface area (TPSA) is 92.1 Å². The van der Waals surface area contributed by atoms with Gasteiger partial charge in [-0.05, 0) is 60.8 Å². The molecule has 0 saturated heterocycles. The number of pyridine rings is 1. The molecule has 25 heavy (non-hydrogen) atoms. The van der Waals surface area contributed by atoms with E-state index in [0.717, 1.165) is 22.2 Å². The fourth-order valence-corrected chi connectivity index (χ4v) is 3.01. The molecule has 0 aliphatic carbocycles. The first-order chi connectivity index (χ1) is 12.0. The molecule has 0 spiro atoms. The minimum atomic E-state index is -0.593. The summed E-state index contributed by atoms with van der Waals surface area (Å²) in [5.41, 5.74) is 1.75. The first-order valence-corrected chi connectivity index (χ1v) is 9.22. The number of aryl methyl sites for hydroxylation is 1. The molecule has 0 aliphatic heterocycles. The molecule has 0 atom stereocenters. The molecule has 0 fully saturated rings. The molecular weight excluding hydrogens is 358 g/mol. The molecule has 2 aromatic rings. The molecular formula is C17H15N3O3S2. The highest BCUT2D eigenvalue weighted by Gasteiger charge is 2.15. The molecule has 1 N–H and O–H groups in total. The van der Waals surface area contributed by atoms with Gasteiger partial charge >= 0.3 is 5.97 Å². The molecule has 2 rings (SSSR count). The number of hydrogen-bond donors (Lipinski definition) is 1. The summed E-state index contributed by atoms with van der Waals surface area (Å²) in [6.07, 6.45) is 3.40. The molecule has 8 heteroatoms. The Morgan fingerprint density at radius 3 is 2.84 bits per heavy atom. The number of nitriles is 1. The molecule has 0 radical (unpaired) electrons. The number of hydrogen-bond acceptors (Lipinski definition) is 7. The zero-order valence-corrected chi connectivity index (χ0v) is 15.2. The number of nitrogens with one attached hydrogen (secondary N) is 1. The summed E-state index contributed by atoms with van der Waals surface area (Å²) in [6, 6.07) is 8.50. The van der Waals surface area contributed by atoms with Crippen LogP contribution in [0.4, 0.5) is 5.69 Å². The molecule has 1 aromatic heterocycles. The van der Waals surface area contributed by atoms with Crippen LogP contribution in [0.15, 0.2) is 46.5 Å². The molecule has 0 bridgehead atoms. The first kappa shape index (κ1) is 18.8. The van der Waals surface area contributed by atoms with Crippen LogP contribution < -0.4 is 5.32 Å². The Balaban J connectivity index is 1.95. The third-order valence-corrected chi connectivity index (χ3v) is 4.45. The van der Waals surface area contributed by atoms with Gasteiger partial charge in [-0.1, -0.05) is 0 Å². The van der Waals surface area contributed by atoms with Crippen LogP contribution in [0.5, 0.6) is 0 Å².